The van der Waals surface area contributed by atoms with Gasteiger partial charge in [0.1, 0.15) is 0 Å². The summed E-state index contributed by atoms with van der Waals surface area (Å²) < 4.78 is 72.4. The molecule has 1 rings (SSSR count). The summed E-state index contributed by atoms with van der Waals surface area (Å²) >= 11 is 0. The molecule has 102 valence electrons. The zero-order valence-electron chi connectivity index (χ0n) is 9.17. The molecular formula is C10H15F6N. The smallest absolute Gasteiger partial charge is 0.313 e. The highest BCUT2D eigenvalue weighted by Crippen LogP contribution is 2.33. The molecule has 1 N–H and O–H groups in total. The van der Waals surface area contributed by atoms with Crippen molar-refractivity contribution >= 4 is 0 Å². The highest BCUT2D eigenvalue weighted by molar-refractivity contribution is 4.81. The average Bonchev–Trinajstić information content (AvgIpc) is 2.15. The quantitative estimate of drug-likeness (QED) is 0.766. The van der Waals surface area contributed by atoms with Crippen LogP contribution >= 0.6 is 0 Å². The lowest BCUT2D eigenvalue weighted by Gasteiger charge is -2.31. The van der Waals surface area contributed by atoms with Crippen LogP contribution < -0.4 is 5.32 Å². The molecule has 1 nitrogen and oxygen atoms in total. The Hall–Kier alpha value is -0.460. The molecule has 1 aliphatic heterocycles. The minimum Gasteiger partial charge on any atom is -0.313 e. The summed E-state index contributed by atoms with van der Waals surface area (Å²) in [7, 11) is 0. The molecule has 17 heavy (non-hydrogen) atoms. The Balaban J connectivity index is 2.20. The topological polar surface area (TPSA) is 12.0 Å². The Bertz CT molecular complexity index is 223. The summed E-state index contributed by atoms with van der Waals surface area (Å²) in [5.41, 5.74) is 0. The van der Waals surface area contributed by atoms with Crippen LogP contribution in [0.25, 0.3) is 0 Å². The van der Waals surface area contributed by atoms with Crippen molar-refractivity contribution in [3.05, 3.63) is 0 Å². The van der Waals surface area contributed by atoms with Crippen LogP contribution in [0.5, 0.6) is 0 Å². The molecule has 2 atom stereocenters. The van der Waals surface area contributed by atoms with Crippen molar-refractivity contribution < 1.29 is 26.3 Å². The van der Waals surface area contributed by atoms with E-state index in [0.29, 0.717) is 6.42 Å². The SMILES string of the molecule is FC(F)(F)CCCC1CCC(C(F)(F)F)CN1. The van der Waals surface area contributed by atoms with E-state index in [1.807, 2.05) is 0 Å². The van der Waals surface area contributed by atoms with E-state index in [0.717, 1.165) is 0 Å². The lowest BCUT2D eigenvalue weighted by molar-refractivity contribution is -0.179. The largest absolute Gasteiger partial charge is 0.393 e. The van der Waals surface area contributed by atoms with Crippen LogP contribution in [0.4, 0.5) is 26.3 Å². The van der Waals surface area contributed by atoms with Gasteiger partial charge < -0.3 is 5.32 Å². The highest BCUT2D eigenvalue weighted by atomic mass is 19.4. The Morgan fingerprint density at radius 1 is 1.00 bits per heavy atom. The predicted molar refractivity (Wildman–Crippen MR) is 50.5 cm³/mol. The van der Waals surface area contributed by atoms with Gasteiger partial charge in [0.25, 0.3) is 0 Å². The number of alkyl halides is 6. The van der Waals surface area contributed by atoms with E-state index in [1.54, 1.807) is 0 Å². The fourth-order valence-electron chi connectivity index (χ4n) is 1.99. The van der Waals surface area contributed by atoms with Gasteiger partial charge in [0.2, 0.25) is 0 Å². The summed E-state index contributed by atoms with van der Waals surface area (Å²) in [5, 5.41) is 2.67. The molecule has 2 unspecified atom stereocenters. The summed E-state index contributed by atoms with van der Waals surface area (Å²) in [5.74, 6) is -1.36. The van der Waals surface area contributed by atoms with E-state index < -0.39 is 24.7 Å². The molecule has 0 aliphatic carbocycles. The molecule has 0 bridgehead atoms. The van der Waals surface area contributed by atoms with Crippen molar-refractivity contribution in [2.45, 2.75) is 50.5 Å². The second-order valence-electron chi connectivity index (χ2n) is 4.43. The zero-order valence-corrected chi connectivity index (χ0v) is 9.17. The summed E-state index contributed by atoms with van der Waals surface area (Å²) in [6, 6.07) is -0.212. The lowest BCUT2D eigenvalue weighted by atomic mass is 9.92. The number of hydrogen-bond donors (Lipinski definition) is 1. The Morgan fingerprint density at radius 2 is 1.65 bits per heavy atom. The molecule has 1 fully saturated rings. The van der Waals surface area contributed by atoms with Gasteiger partial charge in [-0.15, -0.1) is 0 Å². The first-order chi connectivity index (χ1) is 7.68. The van der Waals surface area contributed by atoms with Crippen molar-refractivity contribution in [1.29, 1.82) is 0 Å². The van der Waals surface area contributed by atoms with E-state index in [2.05, 4.69) is 5.32 Å². The molecule has 1 saturated heterocycles. The number of hydrogen-bond acceptors (Lipinski definition) is 1. The highest BCUT2D eigenvalue weighted by Gasteiger charge is 2.41. The van der Waals surface area contributed by atoms with E-state index in [1.165, 1.54) is 0 Å². The van der Waals surface area contributed by atoms with Gasteiger partial charge in [0.05, 0.1) is 5.92 Å². The van der Waals surface area contributed by atoms with Gasteiger partial charge in [-0.3, -0.25) is 0 Å². The molecule has 0 spiro atoms. The molecular weight excluding hydrogens is 248 g/mol. The standard InChI is InChI=1S/C10H15F6N/c11-9(12,13)5-1-2-8-4-3-7(6-17-8)10(14,15)16/h7-8,17H,1-6H2. The van der Waals surface area contributed by atoms with Gasteiger partial charge >= 0.3 is 12.4 Å². The van der Waals surface area contributed by atoms with Gasteiger partial charge in [0.15, 0.2) is 0 Å². The molecule has 0 aromatic rings. The van der Waals surface area contributed by atoms with Crippen molar-refractivity contribution in [2.75, 3.05) is 6.54 Å². The van der Waals surface area contributed by atoms with E-state index in [-0.39, 0.29) is 31.8 Å². The third kappa shape index (κ3) is 5.61. The third-order valence-corrected chi connectivity index (χ3v) is 2.99. The minimum atomic E-state index is -4.20. The maximum atomic E-state index is 12.3. The molecule has 0 saturated carbocycles. The lowest BCUT2D eigenvalue weighted by Crippen LogP contribution is -2.44. The van der Waals surface area contributed by atoms with Crippen LogP contribution in [0.2, 0.25) is 0 Å². The molecule has 0 aromatic carbocycles. The van der Waals surface area contributed by atoms with Crippen molar-refractivity contribution in [2.24, 2.45) is 5.92 Å². The second-order valence-corrected chi connectivity index (χ2v) is 4.43. The predicted octanol–water partition coefficient (Wildman–Crippen LogP) is 3.65. The maximum absolute atomic E-state index is 12.3. The monoisotopic (exact) mass is 263 g/mol. The number of rotatable bonds is 3. The molecule has 0 aromatic heterocycles. The fourth-order valence-corrected chi connectivity index (χ4v) is 1.99. The summed E-state index contributed by atoms with van der Waals surface area (Å²) in [6.45, 7) is -0.180. The van der Waals surface area contributed by atoms with Crippen molar-refractivity contribution in [3.63, 3.8) is 0 Å². The van der Waals surface area contributed by atoms with E-state index in [4.69, 9.17) is 0 Å². The Labute approximate surface area is 95.6 Å². The van der Waals surface area contributed by atoms with Crippen LogP contribution in [0, 0.1) is 5.92 Å². The van der Waals surface area contributed by atoms with E-state index >= 15 is 0 Å². The third-order valence-electron chi connectivity index (χ3n) is 2.99. The normalized spacial score (nSPS) is 27.2. The first kappa shape index (κ1) is 14.6. The zero-order chi connectivity index (χ0) is 13.1. The van der Waals surface area contributed by atoms with Gasteiger partial charge in [0, 0.05) is 19.0 Å². The molecule has 0 radical (unpaired) electrons. The first-order valence-corrected chi connectivity index (χ1v) is 5.55. The summed E-state index contributed by atoms with van der Waals surface area (Å²) in [6.07, 6.45) is -8.70. The van der Waals surface area contributed by atoms with Crippen LogP contribution in [0.1, 0.15) is 32.1 Å². The Morgan fingerprint density at radius 3 is 2.06 bits per heavy atom. The van der Waals surface area contributed by atoms with Gasteiger partial charge in [-0.25, -0.2) is 0 Å². The number of nitrogens with one attached hydrogen (secondary N) is 1. The molecule has 1 aliphatic rings. The van der Waals surface area contributed by atoms with Crippen LogP contribution in [-0.4, -0.2) is 24.9 Å². The van der Waals surface area contributed by atoms with Crippen LogP contribution in [0.3, 0.4) is 0 Å². The minimum absolute atomic E-state index is 0.00713. The maximum Gasteiger partial charge on any atom is 0.393 e. The summed E-state index contributed by atoms with van der Waals surface area (Å²) in [4.78, 5) is 0. The van der Waals surface area contributed by atoms with Crippen molar-refractivity contribution in [1.82, 2.24) is 5.32 Å². The van der Waals surface area contributed by atoms with Gasteiger partial charge in [-0.1, -0.05) is 0 Å². The molecule has 7 heteroatoms. The van der Waals surface area contributed by atoms with Gasteiger partial charge in [-0.2, -0.15) is 26.3 Å². The fraction of sp³-hybridized carbons (Fsp3) is 1.00. The van der Waals surface area contributed by atoms with Crippen molar-refractivity contribution in [3.8, 4) is 0 Å². The Kier molecular flexibility index (Phi) is 4.69. The van der Waals surface area contributed by atoms with Gasteiger partial charge in [-0.05, 0) is 25.7 Å². The van der Waals surface area contributed by atoms with Crippen LogP contribution in [-0.2, 0) is 0 Å². The second kappa shape index (κ2) is 5.46. The first-order valence-electron chi connectivity index (χ1n) is 5.55. The molecule has 0 amide bonds. The van der Waals surface area contributed by atoms with Crippen LogP contribution in [0.15, 0.2) is 0 Å². The number of halogens is 6. The number of piperidine rings is 1. The molecule has 1 heterocycles. The average molecular weight is 263 g/mol. The van der Waals surface area contributed by atoms with E-state index in [9.17, 15) is 26.3 Å².